The second-order valence-corrected chi connectivity index (χ2v) is 20.1. The molecule has 2 aromatic carbocycles. The van der Waals surface area contributed by atoms with Crippen LogP contribution in [0.1, 0.15) is 83.9 Å². The minimum absolute atomic E-state index is 0. The highest BCUT2D eigenvalue weighted by atomic mass is 32.2. The number of carbonyl (C=O) groups excluding carboxylic acids is 5. The number of halogens is 4. The first-order valence-electron chi connectivity index (χ1n) is 21.1. The van der Waals surface area contributed by atoms with Gasteiger partial charge < -0.3 is 30.3 Å². The number of nitrogens with one attached hydrogen (secondary N) is 4. The largest absolute Gasteiger partial charge is 0.444 e. The van der Waals surface area contributed by atoms with Crippen LogP contribution in [0.25, 0.3) is 0 Å². The topological polar surface area (TPSA) is 196 Å². The van der Waals surface area contributed by atoms with Crippen molar-refractivity contribution < 1.29 is 59.4 Å². The molecule has 0 aromatic heterocycles. The van der Waals surface area contributed by atoms with Gasteiger partial charge in [0.1, 0.15) is 29.5 Å². The van der Waals surface area contributed by atoms with Gasteiger partial charge in [-0.05, 0) is 72.1 Å². The van der Waals surface area contributed by atoms with Gasteiger partial charge in [0.2, 0.25) is 27.7 Å². The third-order valence-corrected chi connectivity index (χ3v) is 14.1. The normalized spacial score (nSPS) is 23.9. The second kappa shape index (κ2) is 18.5. The number of rotatable bonds is 13. The van der Waals surface area contributed by atoms with Gasteiger partial charge in [0.05, 0.1) is 37.1 Å². The SMILES string of the molecule is C.CC[C@@H]1C[C@]1(NC(=O)[C@@H]1C[C@@H](OC(=O)N2Cc3ccc(NC(=O)CN4CCOCC4)cc3C2)CN1C(=O)[C@@H](Nc1cc(F)cc(C(F)(F)F)c1)C(C)(C)C)C(=O)NS(=O)(=O)C1CC1. The van der Waals surface area contributed by atoms with Gasteiger partial charge in [-0.2, -0.15) is 13.2 Å². The summed E-state index contributed by atoms with van der Waals surface area (Å²) in [5.74, 6) is -4.33. The molecule has 3 aliphatic heterocycles. The number of nitrogens with zero attached hydrogens (tertiary/aromatic N) is 3. The Balaban J connectivity index is 0.00000680. The zero-order valence-electron chi connectivity index (χ0n) is 35.5. The summed E-state index contributed by atoms with van der Waals surface area (Å²) >= 11 is 0. The van der Waals surface area contributed by atoms with Gasteiger partial charge in [-0.15, -0.1) is 0 Å². The molecule has 4 fully saturated rings. The number of fused-ring (bicyclic) bond motifs is 1. The first-order chi connectivity index (χ1) is 29.6. The number of alkyl halides is 3. The number of benzene rings is 2. The molecule has 21 heteroatoms. The van der Waals surface area contributed by atoms with Gasteiger partial charge in [0, 0.05) is 44.0 Å². The summed E-state index contributed by atoms with van der Waals surface area (Å²) in [4.78, 5) is 73.6. The van der Waals surface area contributed by atoms with Gasteiger partial charge in [-0.25, -0.2) is 17.6 Å². The Morgan fingerprint density at radius 2 is 1.66 bits per heavy atom. The van der Waals surface area contributed by atoms with E-state index in [1.807, 2.05) is 4.90 Å². The lowest BCUT2D eigenvalue weighted by Gasteiger charge is -2.36. The maximum absolute atomic E-state index is 14.7. The molecule has 3 heterocycles. The van der Waals surface area contributed by atoms with Crippen molar-refractivity contribution in [2.75, 3.05) is 50.0 Å². The van der Waals surface area contributed by atoms with E-state index in [1.54, 1.807) is 45.9 Å². The van der Waals surface area contributed by atoms with Gasteiger partial charge in [-0.1, -0.05) is 47.6 Å². The van der Waals surface area contributed by atoms with E-state index in [2.05, 4.69) is 20.7 Å². The Morgan fingerprint density at radius 1 is 0.969 bits per heavy atom. The van der Waals surface area contributed by atoms with E-state index in [0.29, 0.717) is 63.4 Å². The van der Waals surface area contributed by atoms with Crippen LogP contribution in [0.4, 0.5) is 33.7 Å². The Labute approximate surface area is 370 Å². The zero-order valence-corrected chi connectivity index (χ0v) is 36.3. The fraction of sp³-hybridized carbons (Fsp3) is 0.605. The minimum atomic E-state index is -4.90. The molecule has 0 spiro atoms. The van der Waals surface area contributed by atoms with Crippen molar-refractivity contribution in [1.82, 2.24) is 24.7 Å². The number of hydrogen-bond donors (Lipinski definition) is 4. The van der Waals surface area contributed by atoms with Crippen molar-refractivity contribution in [3.8, 4) is 0 Å². The summed E-state index contributed by atoms with van der Waals surface area (Å²) in [6.07, 6.45) is -5.65. The lowest BCUT2D eigenvalue weighted by molar-refractivity contribution is -0.141. The van der Waals surface area contributed by atoms with Gasteiger partial charge in [0.25, 0.3) is 5.91 Å². The van der Waals surface area contributed by atoms with Crippen molar-refractivity contribution in [3.63, 3.8) is 0 Å². The number of carbonyl (C=O) groups is 5. The predicted molar refractivity (Wildman–Crippen MR) is 226 cm³/mol. The van der Waals surface area contributed by atoms with E-state index >= 15 is 0 Å². The lowest BCUT2D eigenvalue weighted by atomic mass is 9.85. The van der Waals surface area contributed by atoms with Crippen LogP contribution in [0.3, 0.4) is 0 Å². The van der Waals surface area contributed by atoms with Crippen LogP contribution in [-0.2, 0) is 57.9 Å². The summed E-state index contributed by atoms with van der Waals surface area (Å²) in [5, 5.41) is 7.65. The smallest absolute Gasteiger partial charge is 0.416 e. The minimum Gasteiger partial charge on any atom is -0.444 e. The number of amides is 5. The second-order valence-electron chi connectivity index (χ2n) is 18.1. The molecule has 2 aromatic rings. The number of likely N-dealkylation sites (tertiary alicyclic amines) is 1. The van der Waals surface area contributed by atoms with Crippen molar-refractivity contribution in [2.24, 2.45) is 11.3 Å². The molecule has 5 aliphatic rings. The average molecular weight is 924 g/mol. The number of morpholine rings is 1. The van der Waals surface area contributed by atoms with E-state index in [1.165, 1.54) is 4.90 Å². The molecular weight excluding hydrogens is 867 g/mol. The molecule has 5 amide bonds. The maximum atomic E-state index is 14.7. The van der Waals surface area contributed by atoms with Crippen LogP contribution >= 0.6 is 0 Å². The van der Waals surface area contributed by atoms with Crippen LogP contribution in [0, 0.1) is 17.2 Å². The molecule has 64 heavy (non-hydrogen) atoms. The molecule has 16 nitrogen and oxygen atoms in total. The maximum Gasteiger partial charge on any atom is 0.416 e. The molecule has 2 saturated heterocycles. The highest BCUT2D eigenvalue weighted by Crippen LogP contribution is 2.47. The monoisotopic (exact) mass is 923 g/mol. The van der Waals surface area contributed by atoms with E-state index < -0.39 is 91.7 Å². The first-order valence-corrected chi connectivity index (χ1v) is 22.6. The Hall–Kier alpha value is -5.02. The van der Waals surface area contributed by atoms with Crippen LogP contribution in [0.15, 0.2) is 36.4 Å². The van der Waals surface area contributed by atoms with E-state index in [-0.39, 0.29) is 58.0 Å². The summed E-state index contributed by atoms with van der Waals surface area (Å²) in [5.41, 5.74) is -2.16. The standard InChI is InChI=1S/C42H53F4N7O9S.CH4/c1-5-26-19-41(26,38(57)50-63(59,60)32-8-9-32)49-36(55)33-18-31(22-53(33)37(56)35(40(2,3)4)48-30-16-27(42(44,45)46)15-28(43)17-30)62-39(58)52-20-24-6-7-29(14-25(24)21-52)47-34(54)23-51-10-12-61-13-11-51;/h6-7,14-17,26,31-33,35,48H,5,8-13,18-23H2,1-4H3,(H,47,54)(H,49,55)(H,50,57);1H4/t26-,31-,33+,35-,41-;/m1./s1. The third-order valence-electron chi connectivity index (χ3n) is 12.3. The quantitative estimate of drug-likeness (QED) is 0.205. The molecule has 5 atom stereocenters. The van der Waals surface area contributed by atoms with Crippen LogP contribution in [-0.4, -0.2) is 121 Å². The third kappa shape index (κ3) is 10.9. The summed E-state index contributed by atoms with van der Waals surface area (Å²) in [6, 6.07) is 4.37. The van der Waals surface area contributed by atoms with Crippen molar-refractivity contribution in [1.29, 1.82) is 0 Å². The molecule has 0 unspecified atom stereocenters. The fourth-order valence-electron chi connectivity index (χ4n) is 8.47. The van der Waals surface area contributed by atoms with Gasteiger partial charge >= 0.3 is 12.3 Å². The van der Waals surface area contributed by atoms with Crippen molar-refractivity contribution in [3.05, 3.63) is 58.9 Å². The highest BCUT2D eigenvalue weighted by molar-refractivity contribution is 7.91. The number of hydrogen-bond acceptors (Lipinski definition) is 11. The first kappa shape index (κ1) is 48.4. The summed E-state index contributed by atoms with van der Waals surface area (Å²) < 4.78 is 94.5. The molecule has 4 N–H and O–H groups in total. The van der Waals surface area contributed by atoms with Crippen LogP contribution < -0.4 is 20.7 Å². The van der Waals surface area contributed by atoms with Gasteiger partial charge in [0.15, 0.2) is 0 Å². The predicted octanol–water partition coefficient (Wildman–Crippen LogP) is 4.59. The number of sulfonamides is 1. The summed E-state index contributed by atoms with van der Waals surface area (Å²) in [6.45, 7) is 9.19. The van der Waals surface area contributed by atoms with E-state index in [0.717, 1.165) is 22.1 Å². The van der Waals surface area contributed by atoms with E-state index in [4.69, 9.17) is 9.47 Å². The van der Waals surface area contributed by atoms with Crippen molar-refractivity contribution >= 4 is 51.1 Å². The molecule has 0 bridgehead atoms. The van der Waals surface area contributed by atoms with E-state index in [9.17, 15) is 50.0 Å². The number of anilines is 2. The average Bonchev–Trinajstić information content (AvgIpc) is 4.10. The molecule has 0 radical (unpaired) electrons. The summed E-state index contributed by atoms with van der Waals surface area (Å²) in [7, 11) is -3.98. The Bertz CT molecular complexity index is 2250. The molecule has 7 rings (SSSR count). The Morgan fingerprint density at radius 3 is 2.28 bits per heavy atom. The zero-order chi connectivity index (χ0) is 45.6. The molecule has 2 saturated carbocycles. The molecule has 352 valence electrons. The van der Waals surface area contributed by atoms with Crippen LogP contribution in [0.2, 0.25) is 0 Å². The fourth-order valence-corrected chi connectivity index (χ4v) is 9.83. The molecule has 2 aliphatic carbocycles. The number of ether oxygens (including phenoxy) is 2. The lowest BCUT2D eigenvalue weighted by Crippen LogP contribution is -2.58. The van der Waals surface area contributed by atoms with Crippen molar-refractivity contribution in [2.45, 2.75) is 115 Å². The highest BCUT2D eigenvalue weighted by Gasteiger charge is 2.62. The van der Waals surface area contributed by atoms with Gasteiger partial charge in [-0.3, -0.25) is 33.7 Å². The Kier molecular flexibility index (Phi) is 14.0. The van der Waals surface area contributed by atoms with Crippen LogP contribution in [0.5, 0.6) is 0 Å². The molecular formula is C43H57F4N7O9S.